The second-order valence-corrected chi connectivity index (χ2v) is 10.2. The van der Waals surface area contributed by atoms with E-state index >= 15 is 0 Å². The van der Waals surface area contributed by atoms with Crippen molar-refractivity contribution in [2.75, 3.05) is 12.3 Å². The van der Waals surface area contributed by atoms with Crippen LogP contribution in [0.25, 0.3) is 0 Å². The summed E-state index contributed by atoms with van der Waals surface area (Å²) in [5.74, 6) is -3.03. The van der Waals surface area contributed by atoms with Crippen LogP contribution >= 0.6 is 0 Å². The smallest absolute Gasteiger partial charge is 0.549 e. The van der Waals surface area contributed by atoms with Gasteiger partial charge in [0.25, 0.3) is 0 Å². The van der Waals surface area contributed by atoms with Crippen molar-refractivity contribution in [1.82, 2.24) is 0 Å². The molecule has 0 aliphatic heterocycles. The van der Waals surface area contributed by atoms with Crippen molar-refractivity contribution in [2.24, 2.45) is 16.9 Å². The summed E-state index contributed by atoms with van der Waals surface area (Å²) in [7, 11) is -1.10. The van der Waals surface area contributed by atoms with Crippen molar-refractivity contribution in [3.05, 3.63) is 0 Å². The number of rotatable bonds is 4. The molecule has 0 radical (unpaired) electrons. The summed E-state index contributed by atoms with van der Waals surface area (Å²) in [4.78, 5) is 20.4. The van der Waals surface area contributed by atoms with Crippen molar-refractivity contribution in [3.8, 4) is 0 Å². The number of nitrogens with two attached hydrogens (primary N) is 2. The summed E-state index contributed by atoms with van der Waals surface area (Å²) in [6, 6.07) is 0. The molecule has 4 N–H and O–H groups in total. The molecule has 0 aromatic rings. The molecule has 0 atom stereocenters. The topological polar surface area (TPSA) is 132 Å². The van der Waals surface area contributed by atoms with Crippen molar-refractivity contribution in [1.29, 1.82) is 0 Å². The van der Waals surface area contributed by atoms with Crippen molar-refractivity contribution in [3.63, 3.8) is 0 Å². The van der Waals surface area contributed by atoms with Crippen LogP contribution in [0.4, 0.5) is 0 Å². The van der Waals surface area contributed by atoms with E-state index < -0.39 is 25.4 Å². The van der Waals surface area contributed by atoms with E-state index in [1.807, 2.05) is 0 Å². The number of aliphatic carboxylic acids is 2. The second-order valence-electron chi connectivity index (χ2n) is 5.08. The van der Waals surface area contributed by atoms with Gasteiger partial charge in [0.1, 0.15) is 0 Å². The monoisotopic (exact) mass is 455 g/mol. The Morgan fingerprint density at radius 1 is 1.11 bits per heavy atom. The quantitative estimate of drug-likeness (QED) is 0.352. The first kappa shape index (κ1) is 20.1. The summed E-state index contributed by atoms with van der Waals surface area (Å²) in [5, 5.41) is 20.4. The average Bonchev–Trinajstić information content (AvgIpc) is 2.15. The molecule has 0 bridgehead atoms. The first-order valence-electron chi connectivity index (χ1n) is 5.55. The fraction of sp³-hybridized carbons (Fsp3) is 0.800. The molecule has 0 saturated heterocycles. The van der Waals surface area contributed by atoms with Gasteiger partial charge in [-0.3, -0.25) is 0 Å². The van der Waals surface area contributed by atoms with Crippen LogP contribution in [0.2, 0.25) is 13.1 Å². The molecule has 0 aromatic carbocycles. The van der Waals surface area contributed by atoms with Crippen LogP contribution in [0.3, 0.4) is 0 Å². The number of carbonyl (C=O) groups is 2. The number of carboxylic acid groups (broad SMARTS) is 2. The molecule has 6 nitrogen and oxygen atoms in total. The van der Waals surface area contributed by atoms with Gasteiger partial charge < -0.3 is 31.3 Å². The van der Waals surface area contributed by atoms with Crippen LogP contribution in [0.1, 0.15) is 19.3 Å². The molecule has 1 fully saturated rings. The molecule has 0 unspecified atom stereocenters. The number of hydrogen-bond donors (Lipinski definition) is 2. The fourth-order valence-corrected chi connectivity index (χ4v) is 1.27. The Labute approximate surface area is 122 Å². The van der Waals surface area contributed by atoms with E-state index in [2.05, 4.69) is 13.1 Å². The predicted octanol–water partition coefficient (Wildman–Crippen LogP) is -2.66. The number of carboxylic acids is 2. The minimum absolute atomic E-state index is 0. The minimum Gasteiger partial charge on any atom is -0.549 e. The number of carbonyl (C=O) groups excluding carboxylic acids is 2. The van der Waals surface area contributed by atoms with Gasteiger partial charge in [-0.05, 0) is 25.2 Å². The molecule has 1 rings (SSSR count). The summed E-state index contributed by atoms with van der Waals surface area (Å²) in [6.45, 7) is 4.38. The average molecular weight is 455 g/mol. The third-order valence-electron chi connectivity index (χ3n) is 3.09. The van der Waals surface area contributed by atoms with E-state index in [4.69, 9.17) is 11.5 Å². The van der Waals surface area contributed by atoms with Gasteiger partial charge in [-0.1, -0.05) is 19.5 Å². The standard InChI is InChI=1S/C6H8O4.C4H14N2Si.Pt/c7-4(8)6(5(9)10)2-1-3-6;1-7(2,3-5)4-6;/h1-3H2,(H,7,8)(H,9,10);3-6H2,1-2H3;/q;;+4/p-2. The maximum Gasteiger partial charge on any atom is 4.00 e. The van der Waals surface area contributed by atoms with Gasteiger partial charge >= 0.3 is 21.1 Å². The molecular formula is C10H20N2O4PtSi+2. The van der Waals surface area contributed by atoms with Crippen LogP contribution < -0.4 is 21.7 Å². The summed E-state index contributed by atoms with van der Waals surface area (Å²) in [5.41, 5.74) is 9.13. The molecule has 8 heteroatoms. The van der Waals surface area contributed by atoms with Gasteiger partial charge in [0.2, 0.25) is 0 Å². The molecule has 1 saturated carbocycles. The van der Waals surface area contributed by atoms with E-state index in [0.29, 0.717) is 6.42 Å². The van der Waals surface area contributed by atoms with Gasteiger partial charge in [-0.2, -0.15) is 0 Å². The van der Waals surface area contributed by atoms with E-state index in [1.54, 1.807) is 0 Å². The normalized spacial score (nSPS) is 16.4. The van der Waals surface area contributed by atoms with Gasteiger partial charge in [0.15, 0.2) is 0 Å². The zero-order valence-electron chi connectivity index (χ0n) is 10.6. The number of hydrogen-bond acceptors (Lipinski definition) is 6. The van der Waals surface area contributed by atoms with Crippen LogP contribution in [0.5, 0.6) is 0 Å². The van der Waals surface area contributed by atoms with Crippen molar-refractivity contribution in [2.45, 2.75) is 32.4 Å². The summed E-state index contributed by atoms with van der Waals surface area (Å²) >= 11 is 0. The first-order valence-corrected chi connectivity index (χ1v) is 8.96. The molecular weight excluding hydrogens is 435 g/mol. The SMILES string of the molecule is C[Si](C)(CN)CN.O=C([O-])C1(C(=O)[O-])CCC1.[Pt+4]. The summed E-state index contributed by atoms with van der Waals surface area (Å²) < 4.78 is 0. The van der Waals surface area contributed by atoms with E-state index in [1.165, 1.54) is 0 Å². The Balaban J connectivity index is 0. The van der Waals surface area contributed by atoms with Gasteiger partial charge in [0.05, 0.1) is 20.0 Å². The predicted molar refractivity (Wildman–Crippen MR) is 61.9 cm³/mol. The Kier molecular flexibility index (Phi) is 8.97. The Morgan fingerprint density at radius 2 is 1.44 bits per heavy atom. The van der Waals surface area contributed by atoms with Crippen LogP contribution in [-0.4, -0.2) is 32.3 Å². The third-order valence-corrected chi connectivity index (χ3v) is 5.30. The fourth-order valence-electron chi connectivity index (χ4n) is 1.11. The van der Waals surface area contributed by atoms with Crippen molar-refractivity contribution < 1.29 is 40.9 Å². The zero-order valence-corrected chi connectivity index (χ0v) is 13.9. The maximum atomic E-state index is 10.2. The first-order chi connectivity index (χ1) is 7.72. The van der Waals surface area contributed by atoms with Gasteiger partial charge in [-0.25, -0.2) is 0 Å². The molecule has 0 heterocycles. The molecule has 1 aliphatic rings. The Hall–Kier alpha value is -0.235. The van der Waals surface area contributed by atoms with Crippen LogP contribution in [0.15, 0.2) is 0 Å². The van der Waals surface area contributed by atoms with Crippen LogP contribution in [-0.2, 0) is 30.7 Å². The maximum absolute atomic E-state index is 10.2. The summed E-state index contributed by atoms with van der Waals surface area (Å²) in [6.07, 6.45) is 2.55. The minimum atomic E-state index is -1.67. The van der Waals surface area contributed by atoms with E-state index in [-0.39, 0.29) is 33.9 Å². The molecule has 0 amide bonds. The van der Waals surface area contributed by atoms with Gasteiger partial charge in [-0.15, -0.1) is 0 Å². The largest absolute Gasteiger partial charge is 4.00 e. The molecule has 18 heavy (non-hydrogen) atoms. The van der Waals surface area contributed by atoms with E-state index in [0.717, 1.165) is 12.3 Å². The molecule has 0 aromatic heterocycles. The Morgan fingerprint density at radius 3 is 1.44 bits per heavy atom. The van der Waals surface area contributed by atoms with Crippen LogP contribution in [0, 0.1) is 5.41 Å². The second kappa shape index (κ2) is 8.04. The van der Waals surface area contributed by atoms with E-state index in [9.17, 15) is 19.8 Å². The van der Waals surface area contributed by atoms with Gasteiger partial charge in [0, 0.05) is 5.41 Å². The van der Waals surface area contributed by atoms with Crippen molar-refractivity contribution >= 4 is 20.0 Å². The Bertz CT molecular complexity index is 274. The molecule has 1 aliphatic carbocycles. The third kappa shape index (κ3) is 5.18. The molecule has 0 spiro atoms. The zero-order chi connectivity index (χ0) is 13.7. The molecule has 106 valence electrons.